The molecule has 6 rings (SSSR count). The van der Waals surface area contributed by atoms with Gasteiger partial charge in [-0.1, -0.05) is 45.9 Å². The summed E-state index contributed by atoms with van der Waals surface area (Å²) in [6.45, 7) is 13.8. The molecule has 4 aliphatic rings. The highest BCUT2D eigenvalue weighted by Gasteiger charge is 2.50. The summed E-state index contributed by atoms with van der Waals surface area (Å²) in [7, 11) is 1.44. The molecule has 1 saturated heterocycles. The fourth-order valence-electron chi connectivity index (χ4n) is 8.00. The van der Waals surface area contributed by atoms with Gasteiger partial charge in [-0.15, -0.1) is 0 Å². The smallest absolute Gasteiger partial charge is 0.312 e. The van der Waals surface area contributed by atoms with Crippen LogP contribution in [0, 0.1) is 30.6 Å². The fraction of sp³-hybridized carbons (Fsp3) is 0.535. The van der Waals surface area contributed by atoms with E-state index in [1.54, 1.807) is 44.9 Å². The molecular formula is C43H57N3O12. The van der Waals surface area contributed by atoms with Gasteiger partial charge in [-0.05, 0) is 39.2 Å². The number of amides is 1. The molecule has 0 aromatic heterocycles. The Kier molecular flexibility index (Phi) is 13.5. The molecule has 9 unspecified atom stereocenters. The van der Waals surface area contributed by atoms with Crippen LogP contribution in [0.5, 0.6) is 23.0 Å². The molecule has 4 heterocycles. The molecule has 1 fully saturated rings. The minimum atomic E-state index is -2.03. The monoisotopic (exact) mass is 807 g/mol. The van der Waals surface area contributed by atoms with Gasteiger partial charge in [0.15, 0.2) is 5.75 Å². The molecular weight excluding hydrogens is 750 g/mol. The average molecular weight is 808 g/mol. The Morgan fingerprint density at radius 2 is 1.62 bits per heavy atom. The summed E-state index contributed by atoms with van der Waals surface area (Å²) in [4.78, 5) is 40.4. The number of fused-ring (bicyclic) bond motifs is 14. The van der Waals surface area contributed by atoms with Gasteiger partial charge in [0, 0.05) is 74.2 Å². The molecule has 1 amide bonds. The molecule has 4 aliphatic heterocycles. The maximum absolute atomic E-state index is 14.4. The Hall–Kier alpha value is -5.12. The van der Waals surface area contributed by atoms with Crippen molar-refractivity contribution in [2.75, 3.05) is 25.5 Å². The number of phenolic OH excluding ortho intramolecular Hbond substituents is 3. The van der Waals surface area contributed by atoms with Gasteiger partial charge in [0.1, 0.15) is 23.4 Å². The van der Waals surface area contributed by atoms with Crippen molar-refractivity contribution < 1.29 is 58.9 Å². The van der Waals surface area contributed by atoms with E-state index < -0.39 is 88.8 Å². The molecule has 9 atom stereocenters. The Morgan fingerprint density at radius 3 is 2.26 bits per heavy atom. The minimum absolute atomic E-state index is 0.0614. The number of hydrazone groups is 1. The Bertz CT molecular complexity index is 2040. The van der Waals surface area contributed by atoms with E-state index in [-0.39, 0.29) is 44.5 Å². The number of aliphatic hydroxyl groups is 2. The molecule has 2 aromatic carbocycles. The van der Waals surface area contributed by atoms with E-state index in [4.69, 9.17) is 18.9 Å². The Balaban J connectivity index is 1.71. The Morgan fingerprint density at radius 1 is 0.948 bits per heavy atom. The summed E-state index contributed by atoms with van der Waals surface area (Å²) in [6, 6.07) is 0. The lowest BCUT2D eigenvalue weighted by Crippen LogP contribution is -2.46. The average Bonchev–Trinajstić information content (AvgIpc) is 3.46. The summed E-state index contributed by atoms with van der Waals surface area (Å²) in [5, 5.41) is 66.8. The predicted octanol–water partition coefficient (Wildman–Crippen LogP) is 5.57. The molecule has 15 nitrogen and oxygen atoms in total. The van der Waals surface area contributed by atoms with Gasteiger partial charge in [0.25, 0.3) is 11.7 Å². The standard InChI is InChI=1S/C43H57N3O12/c1-21-14-13-15-22(2)42(54)45-33-28(20-44-46-17-11-10-12-18-46)37(51)30-31(38(33)52)36(50)26(6)40-32(30)41(53)43(8,58-40)56-19-16-29(55-9)23(3)39(57-27(7)47)25(5)35(49)24(4)34(21)48/h13-16,19-21,23-25,29,34-35,39,48-52H,10-12,17-18H2,1-9H3,(H,45,54)/b14-13-,19-16-,22-15-,44-20?. The van der Waals surface area contributed by atoms with Gasteiger partial charge in [-0.25, -0.2) is 0 Å². The first kappa shape index (κ1) is 44.0. The number of nitrogens with zero attached hydrogens (tertiary/aromatic N) is 2. The number of anilines is 1. The van der Waals surface area contributed by atoms with Gasteiger partial charge in [0.05, 0.1) is 53.0 Å². The highest BCUT2D eigenvalue weighted by atomic mass is 16.7. The molecule has 0 radical (unpaired) electrons. The second kappa shape index (κ2) is 17.8. The van der Waals surface area contributed by atoms with E-state index in [0.717, 1.165) is 19.3 Å². The van der Waals surface area contributed by atoms with Gasteiger partial charge in [-0.3, -0.25) is 19.4 Å². The maximum atomic E-state index is 14.4. The summed E-state index contributed by atoms with van der Waals surface area (Å²) in [5.41, 5.74) is -0.303. The zero-order chi connectivity index (χ0) is 42.8. The molecule has 5 bridgehead atoms. The van der Waals surface area contributed by atoms with Crippen molar-refractivity contribution in [3.63, 3.8) is 0 Å². The number of esters is 1. The van der Waals surface area contributed by atoms with Gasteiger partial charge < -0.3 is 49.8 Å². The Labute approximate surface area is 338 Å². The second-order valence-electron chi connectivity index (χ2n) is 15.9. The number of rotatable bonds is 4. The quantitative estimate of drug-likeness (QED) is 0.0965. The predicted molar refractivity (Wildman–Crippen MR) is 217 cm³/mol. The van der Waals surface area contributed by atoms with Crippen LogP contribution in [-0.4, -0.2) is 105 Å². The summed E-state index contributed by atoms with van der Waals surface area (Å²) >= 11 is 0. The molecule has 0 saturated carbocycles. The van der Waals surface area contributed by atoms with Crippen molar-refractivity contribution in [1.82, 2.24) is 5.01 Å². The molecule has 316 valence electrons. The van der Waals surface area contributed by atoms with Crippen LogP contribution in [0.1, 0.15) is 89.2 Å². The van der Waals surface area contributed by atoms with Crippen molar-refractivity contribution in [3.8, 4) is 23.0 Å². The first-order valence-electron chi connectivity index (χ1n) is 19.7. The van der Waals surface area contributed by atoms with Crippen LogP contribution in [-0.2, 0) is 23.8 Å². The number of carbonyl (C=O) groups excluding carboxylic acids is 3. The molecule has 0 aliphatic carbocycles. The summed E-state index contributed by atoms with van der Waals surface area (Å²) in [5.74, 6) is -8.27. The lowest BCUT2D eigenvalue weighted by atomic mass is 9.78. The van der Waals surface area contributed by atoms with E-state index >= 15 is 0 Å². The number of aromatic hydroxyl groups is 3. The second-order valence-corrected chi connectivity index (χ2v) is 15.9. The van der Waals surface area contributed by atoms with Gasteiger partial charge in [-0.2, -0.15) is 5.10 Å². The van der Waals surface area contributed by atoms with E-state index in [2.05, 4.69) is 10.4 Å². The summed E-state index contributed by atoms with van der Waals surface area (Å²) in [6.07, 6.45) is 7.74. The zero-order valence-electron chi connectivity index (χ0n) is 34.6. The van der Waals surface area contributed by atoms with Crippen molar-refractivity contribution in [1.29, 1.82) is 0 Å². The largest absolute Gasteiger partial charge is 0.507 e. The number of Topliss-reactive ketones (excluding diaryl/α,β-unsaturated/α-hetero) is 1. The third-order valence-electron chi connectivity index (χ3n) is 11.7. The van der Waals surface area contributed by atoms with Crippen molar-refractivity contribution in [2.45, 2.75) is 105 Å². The number of nitrogens with one attached hydrogen (secondary N) is 1. The third kappa shape index (κ3) is 8.52. The molecule has 58 heavy (non-hydrogen) atoms. The lowest BCUT2D eigenvalue weighted by molar-refractivity contribution is -0.160. The van der Waals surface area contributed by atoms with E-state index in [1.165, 1.54) is 59.4 Å². The van der Waals surface area contributed by atoms with E-state index in [0.29, 0.717) is 13.1 Å². The van der Waals surface area contributed by atoms with Crippen molar-refractivity contribution in [3.05, 3.63) is 52.8 Å². The number of aliphatic hydroxyl groups excluding tert-OH is 2. The van der Waals surface area contributed by atoms with Crippen LogP contribution >= 0.6 is 0 Å². The SMILES string of the molecule is COC1/C=C\OC2(C)Oc3c(C)c(O)c4c(O)c(c(C=NN5CCCCC5)c(O)c4c3C2=O)NC(=O)/C(C)=C\C=C/C(C)C(O)C(C)C(O)C(C)C(OC(C)=O)C1C. The minimum Gasteiger partial charge on any atom is -0.507 e. The van der Waals surface area contributed by atoms with Gasteiger partial charge in [0.2, 0.25) is 0 Å². The number of allylic oxidation sites excluding steroid dienone is 2. The third-order valence-corrected chi connectivity index (χ3v) is 11.7. The number of carbonyl (C=O) groups is 3. The maximum Gasteiger partial charge on any atom is 0.312 e. The highest BCUT2D eigenvalue weighted by Crippen LogP contribution is 2.55. The van der Waals surface area contributed by atoms with Crippen molar-refractivity contribution in [2.24, 2.45) is 28.8 Å². The fourth-order valence-corrected chi connectivity index (χ4v) is 8.00. The van der Waals surface area contributed by atoms with Gasteiger partial charge >= 0.3 is 11.8 Å². The van der Waals surface area contributed by atoms with E-state index in [1.807, 2.05) is 0 Å². The van der Waals surface area contributed by atoms with Crippen LogP contribution < -0.4 is 10.1 Å². The number of ether oxygens (including phenoxy) is 4. The van der Waals surface area contributed by atoms with Crippen LogP contribution in [0.4, 0.5) is 5.69 Å². The number of hydrogen-bond donors (Lipinski definition) is 6. The van der Waals surface area contributed by atoms with Crippen LogP contribution in [0.2, 0.25) is 0 Å². The normalized spacial score (nSPS) is 32.1. The lowest BCUT2D eigenvalue weighted by Gasteiger charge is -2.38. The van der Waals surface area contributed by atoms with Crippen molar-refractivity contribution >= 4 is 40.3 Å². The van der Waals surface area contributed by atoms with Crippen LogP contribution in [0.25, 0.3) is 10.8 Å². The molecule has 0 spiro atoms. The van der Waals surface area contributed by atoms with Crippen LogP contribution in [0.3, 0.4) is 0 Å². The number of benzene rings is 2. The topological polar surface area (TPSA) is 217 Å². The number of hydrogen-bond acceptors (Lipinski definition) is 14. The number of piperidine rings is 1. The molecule has 15 heteroatoms. The first-order valence-corrected chi connectivity index (χ1v) is 19.7. The molecule has 2 aromatic rings. The zero-order valence-corrected chi connectivity index (χ0v) is 34.6. The van der Waals surface area contributed by atoms with E-state index in [9.17, 15) is 39.9 Å². The highest BCUT2D eigenvalue weighted by molar-refractivity contribution is 6.23. The number of phenols is 3. The number of methoxy groups -OCH3 is 1. The first-order chi connectivity index (χ1) is 27.3. The number of ketones is 1. The van der Waals surface area contributed by atoms with Crippen LogP contribution in [0.15, 0.2) is 41.2 Å². The summed E-state index contributed by atoms with van der Waals surface area (Å²) < 4.78 is 23.6. The molecule has 6 N–H and O–H groups in total.